The maximum absolute atomic E-state index is 11.5. The number of halogens is 1. The highest BCUT2D eigenvalue weighted by molar-refractivity contribution is 9.10. The summed E-state index contributed by atoms with van der Waals surface area (Å²) >= 11 is 3.43. The fraction of sp³-hybridized carbons (Fsp3) is 0.429. The van der Waals surface area contributed by atoms with Gasteiger partial charge in [0.1, 0.15) is 5.60 Å². The van der Waals surface area contributed by atoms with Gasteiger partial charge in [-0.1, -0.05) is 34.1 Å². The SMILES string of the molecule is CC(C)(C)OC(=O)C(=O)NCCc1ccccc1Br. The molecule has 0 aliphatic rings. The first-order valence-electron chi connectivity index (χ1n) is 6.04. The molecule has 5 heteroatoms. The molecule has 0 bridgehead atoms. The maximum atomic E-state index is 11.5. The van der Waals surface area contributed by atoms with Gasteiger partial charge in [-0.25, -0.2) is 4.79 Å². The Morgan fingerprint density at radius 3 is 2.47 bits per heavy atom. The molecule has 1 amide bonds. The molecule has 0 fully saturated rings. The van der Waals surface area contributed by atoms with E-state index in [2.05, 4.69) is 21.2 Å². The van der Waals surface area contributed by atoms with Gasteiger partial charge in [0.2, 0.25) is 0 Å². The molecule has 104 valence electrons. The molecule has 0 radical (unpaired) electrons. The van der Waals surface area contributed by atoms with E-state index < -0.39 is 17.5 Å². The van der Waals surface area contributed by atoms with Crippen molar-refractivity contribution in [1.29, 1.82) is 0 Å². The highest BCUT2D eigenvalue weighted by Crippen LogP contribution is 2.15. The molecule has 0 spiro atoms. The lowest BCUT2D eigenvalue weighted by molar-refractivity contribution is -0.163. The second-order valence-corrected chi connectivity index (χ2v) is 5.95. The lowest BCUT2D eigenvalue weighted by Crippen LogP contribution is -2.37. The van der Waals surface area contributed by atoms with Gasteiger partial charge in [-0.15, -0.1) is 0 Å². The van der Waals surface area contributed by atoms with Crippen molar-refractivity contribution >= 4 is 27.8 Å². The Morgan fingerprint density at radius 2 is 1.89 bits per heavy atom. The Kier molecular flexibility index (Phi) is 5.54. The third-order valence-electron chi connectivity index (χ3n) is 2.22. The molecule has 0 saturated carbocycles. The average Bonchev–Trinajstić information content (AvgIpc) is 2.29. The van der Waals surface area contributed by atoms with E-state index in [1.807, 2.05) is 24.3 Å². The van der Waals surface area contributed by atoms with Crippen molar-refractivity contribution in [2.24, 2.45) is 0 Å². The van der Waals surface area contributed by atoms with Crippen molar-refractivity contribution in [2.45, 2.75) is 32.8 Å². The minimum Gasteiger partial charge on any atom is -0.453 e. The van der Waals surface area contributed by atoms with Gasteiger partial charge in [-0.2, -0.15) is 0 Å². The van der Waals surface area contributed by atoms with Crippen LogP contribution in [0.25, 0.3) is 0 Å². The average molecular weight is 328 g/mol. The number of benzene rings is 1. The summed E-state index contributed by atoms with van der Waals surface area (Å²) in [5.74, 6) is -1.55. The predicted octanol–water partition coefficient (Wildman–Crippen LogP) is 2.45. The summed E-state index contributed by atoms with van der Waals surface area (Å²) in [5.41, 5.74) is 0.420. The van der Waals surface area contributed by atoms with E-state index in [1.165, 1.54) is 0 Å². The number of ether oxygens (including phenoxy) is 1. The van der Waals surface area contributed by atoms with Crippen molar-refractivity contribution in [3.8, 4) is 0 Å². The van der Waals surface area contributed by atoms with E-state index in [0.29, 0.717) is 13.0 Å². The van der Waals surface area contributed by atoms with E-state index in [-0.39, 0.29) is 0 Å². The molecule has 19 heavy (non-hydrogen) atoms. The van der Waals surface area contributed by atoms with Crippen LogP contribution in [0.1, 0.15) is 26.3 Å². The van der Waals surface area contributed by atoms with Gasteiger partial charge in [0.05, 0.1) is 0 Å². The number of nitrogens with one attached hydrogen (secondary N) is 1. The van der Waals surface area contributed by atoms with Crippen LogP contribution in [0.2, 0.25) is 0 Å². The Bertz CT molecular complexity index is 466. The van der Waals surface area contributed by atoms with E-state index in [4.69, 9.17) is 4.74 Å². The molecule has 4 nitrogen and oxygen atoms in total. The normalized spacial score (nSPS) is 10.9. The second kappa shape index (κ2) is 6.70. The molecule has 1 aromatic carbocycles. The van der Waals surface area contributed by atoms with Crippen LogP contribution in [-0.2, 0) is 20.7 Å². The molecule has 0 unspecified atom stereocenters. The Labute approximate surface area is 121 Å². The topological polar surface area (TPSA) is 55.4 Å². The van der Waals surface area contributed by atoms with Crippen molar-refractivity contribution in [2.75, 3.05) is 6.54 Å². The van der Waals surface area contributed by atoms with Crippen LogP contribution in [0.3, 0.4) is 0 Å². The van der Waals surface area contributed by atoms with Gasteiger partial charge in [-0.3, -0.25) is 4.79 Å². The van der Waals surface area contributed by atoms with Crippen molar-refractivity contribution in [3.05, 3.63) is 34.3 Å². The van der Waals surface area contributed by atoms with Crippen molar-refractivity contribution < 1.29 is 14.3 Å². The first-order chi connectivity index (χ1) is 8.79. The van der Waals surface area contributed by atoms with Gasteiger partial charge >= 0.3 is 11.9 Å². The van der Waals surface area contributed by atoms with E-state index in [1.54, 1.807) is 20.8 Å². The molecular formula is C14H18BrNO3. The van der Waals surface area contributed by atoms with Crippen LogP contribution in [-0.4, -0.2) is 24.0 Å². The summed E-state index contributed by atoms with van der Waals surface area (Å²) in [5, 5.41) is 2.55. The quantitative estimate of drug-likeness (QED) is 0.685. The number of hydrogen-bond donors (Lipinski definition) is 1. The molecule has 1 aromatic rings. The molecule has 0 aliphatic heterocycles. The summed E-state index contributed by atoms with van der Waals surface area (Å²) in [6.45, 7) is 5.55. The highest BCUT2D eigenvalue weighted by Gasteiger charge is 2.22. The minimum absolute atomic E-state index is 0.390. The lowest BCUT2D eigenvalue weighted by atomic mass is 10.1. The van der Waals surface area contributed by atoms with Gasteiger partial charge in [0, 0.05) is 11.0 Å². The Morgan fingerprint density at radius 1 is 1.26 bits per heavy atom. The lowest BCUT2D eigenvalue weighted by Gasteiger charge is -2.18. The largest absolute Gasteiger partial charge is 0.453 e. The number of hydrogen-bond acceptors (Lipinski definition) is 3. The number of esters is 1. The number of rotatable bonds is 3. The zero-order valence-electron chi connectivity index (χ0n) is 11.3. The van der Waals surface area contributed by atoms with E-state index >= 15 is 0 Å². The minimum atomic E-state index is -0.848. The van der Waals surface area contributed by atoms with E-state index in [0.717, 1.165) is 10.0 Å². The van der Waals surface area contributed by atoms with Crippen LogP contribution >= 0.6 is 15.9 Å². The molecule has 0 heterocycles. The number of carbonyl (C=O) groups excluding carboxylic acids is 2. The molecule has 1 rings (SSSR count). The van der Waals surface area contributed by atoms with Crippen molar-refractivity contribution in [1.82, 2.24) is 5.32 Å². The van der Waals surface area contributed by atoms with Crippen molar-refractivity contribution in [3.63, 3.8) is 0 Å². The zero-order valence-corrected chi connectivity index (χ0v) is 12.9. The molecule has 0 aromatic heterocycles. The summed E-state index contributed by atoms with van der Waals surface area (Å²) < 4.78 is 5.95. The van der Waals surface area contributed by atoms with E-state index in [9.17, 15) is 9.59 Å². The van der Waals surface area contributed by atoms with Gasteiger partial charge < -0.3 is 10.1 Å². The zero-order chi connectivity index (χ0) is 14.5. The highest BCUT2D eigenvalue weighted by atomic mass is 79.9. The Hall–Kier alpha value is -1.36. The first kappa shape index (κ1) is 15.7. The number of amides is 1. The maximum Gasteiger partial charge on any atom is 0.397 e. The van der Waals surface area contributed by atoms with Gasteiger partial charge in [0.25, 0.3) is 0 Å². The molecule has 0 aliphatic carbocycles. The third kappa shape index (κ3) is 5.87. The molecular weight excluding hydrogens is 310 g/mol. The first-order valence-corrected chi connectivity index (χ1v) is 6.83. The predicted molar refractivity (Wildman–Crippen MR) is 76.7 cm³/mol. The second-order valence-electron chi connectivity index (χ2n) is 5.10. The Balaban J connectivity index is 2.39. The van der Waals surface area contributed by atoms with Gasteiger partial charge in [0.15, 0.2) is 0 Å². The monoisotopic (exact) mass is 327 g/mol. The summed E-state index contributed by atoms with van der Waals surface area (Å²) in [7, 11) is 0. The third-order valence-corrected chi connectivity index (χ3v) is 3.00. The van der Waals surface area contributed by atoms with Crippen LogP contribution in [0.15, 0.2) is 28.7 Å². The van der Waals surface area contributed by atoms with Crippen LogP contribution in [0.5, 0.6) is 0 Å². The fourth-order valence-corrected chi connectivity index (χ4v) is 1.89. The standard InChI is InChI=1S/C14H18BrNO3/c1-14(2,3)19-13(18)12(17)16-9-8-10-6-4-5-7-11(10)15/h4-7H,8-9H2,1-3H3,(H,16,17). The van der Waals surface area contributed by atoms with Crippen LogP contribution in [0, 0.1) is 0 Å². The van der Waals surface area contributed by atoms with Crippen LogP contribution in [0.4, 0.5) is 0 Å². The summed E-state index contributed by atoms with van der Waals surface area (Å²) in [4.78, 5) is 22.9. The molecule has 0 atom stereocenters. The summed E-state index contributed by atoms with van der Waals surface area (Å²) in [6.07, 6.45) is 0.649. The molecule has 0 saturated heterocycles. The van der Waals surface area contributed by atoms with Gasteiger partial charge in [-0.05, 0) is 38.8 Å². The summed E-state index contributed by atoms with van der Waals surface area (Å²) in [6, 6.07) is 7.75. The number of carbonyl (C=O) groups is 2. The molecule has 1 N–H and O–H groups in total. The smallest absolute Gasteiger partial charge is 0.397 e. The fourth-order valence-electron chi connectivity index (χ4n) is 1.41. The van der Waals surface area contributed by atoms with Crippen LogP contribution < -0.4 is 5.32 Å².